The van der Waals surface area contributed by atoms with Crippen LogP contribution < -0.4 is 4.90 Å². The van der Waals surface area contributed by atoms with Gasteiger partial charge in [0.1, 0.15) is 0 Å². The van der Waals surface area contributed by atoms with Gasteiger partial charge in [-0.1, -0.05) is 127 Å². The predicted octanol–water partition coefficient (Wildman–Crippen LogP) is 9.55. The number of aliphatic hydroxyl groups excluding tert-OH is 1. The summed E-state index contributed by atoms with van der Waals surface area (Å²) in [5.41, 5.74) is 4.18. The molecule has 0 aliphatic carbocycles. The Morgan fingerprint density at radius 3 is 1.76 bits per heavy atom. The molecule has 0 unspecified atom stereocenters. The first-order chi connectivity index (χ1) is 24.0. The average molecular weight is 669 g/mol. The van der Waals surface area contributed by atoms with E-state index in [4.69, 9.17) is 9.47 Å². The molecule has 264 valence electrons. The second-order valence-corrected chi connectivity index (χ2v) is 13.8. The summed E-state index contributed by atoms with van der Waals surface area (Å²) in [7, 11) is 0. The summed E-state index contributed by atoms with van der Waals surface area (Å²) in [6, 6.07) is 22.4. The number of nitrogens with zero attached hydrogens (tertiary/aromatic N) is 2. The maximum absolute atomic E-state index is 13.1. The number of aliphatic hydroxyl groups is 1. The van der Waals surface area contributed by atoms with Crippen LogP contribution in [0, 0.1) is 0 Å². The fraction of sp³-hybridized carbons (Fsp3) is 0.524. The number of hydrogen-bond acceptors (Lipinski definition) is 6. The molecular weight excluding hydrogens is 612 g/mol. The minimum atomic E-state index is -0.595. The maximum Gasteiger partial charge on any atom is 0.266 e. The fourth-order valence-corrected chi connectivity index (χ4v) is 7.05. The first kappa shape index (κ1) is 36.9. The molecule has 2 heterocycles. The van der Waals surface area contributed by atoms with Gasteiger partial charge in [0.2, 0.25) is 0 Å². The van der Waals surface area contributed by atoms with Crippen molar-refractivity contribution in [3.05, 3.63) is 101 Å². The number of ether oxygens (including phenoxy) is 2. The molecule has 3 aromatic rings. The lowest BCUT2D eigenvalue weighted by atomic mass is 9.99. The number of carbonyl (C=O) groups is 2. The summed E-state index contributed by atoms with van der Waals surface area (Å²) in [6.45, 7) is 7.55. The van der Waals surface area contributed by atoms with Gasteiger partial charge in [-0.3, -0.25) is 9.59 Å². The number of rotatable bonds is 20. The quantitative estimate of drug-likeness (QED) is 0.0955. The molecule has 3 aromatic carbocycles. The number of hydrogen-bond donors (Lipinski definition) is 1. The van der Waals surface area contributed by atoms with E-state index in [0.717, 1.165) is 42.7 Å². The largest absolute Gasteiger partial charge is 0.392 e. The van der Waals surface area contributed by atoms with Crippen molar-refractivity contribution in [1.82, 2.24) is 4.90 Å². The van der Waals surface area contributed by atoms with Crippen molar-refractivity contribution in [3.63, 3.8) is 0 Å². The molecule has 7 heteroatoms. The van der Waals surface area contributed by atoms with E-state index in [-0.39, 0.29) is 30.6 Å². The Bertz CT molecular complexity index is 1410. The van der Waals surface area contributed by atoms with Gasteiger partial charge in [0.15, 0.2) is 6.29 Å². The molecule has 7 nitrogen and oxygen atoms in total. The third-order valence-electron chi connectivity index (χ3n) is 9.95. The Hall–Kier alpha value is -3.36. The maximum atomic E-state index is 13.1. The standard InChI is InChI=1S/C42H56N2O5/c1-3-5-7-9-11-15-27-43(28-16-12-10-8-6-4-2)30-36-29-39(33-21-19-32(31-45)20-22-33)49-42(48-36)34-23-25-35(26-24-34)44-40(46)37-17-13-14-18-38(37)41(44)47/h13-14,17-26,36,39,42,45H,3-12,15-16,27-31H2,1-2H3/t36-,39+,42+/m1/s1. The van der Waals surface area contributed by atoms with E-state index in [1.807, 2.05) is 48.5 Å². The van der Waals surface area contributed by atoms with E-state index in [1.54, 1.807) is 24.3 Å². The Labute approximate surface area is 293 Å². The molecule has 3 atom stereocenters. The van der Waals surface area contributed by atoms with E-state index >= 15 is 0 Å². The van der Waals surface area contributed by atoms with Gasteiger partial charge in [-0.2, -0.15) is 0 Å². The molecule has 0 bridgehead atoms. The molecule has 49 heavy (non-hydrogen) atoms. The van der Waals surface area contributed by atoms with E-state index in [2.05, 4.69) is 18.7 Å². The normalized spacial score (nSPS) is 19.2. The summed E-state index contributed by atoms with van der Waals surface area (Å²) in [6.07, 6.45) is 15.3. The molecule has 5 rings (SSSR count). The highest BCUT2D eigenvalue weighted by atomic mass is 16.7. The van der Waals surface area contributed by atoms with Crippen molar-refractivity contribution in [1.29, 1.82) is 0 Å². The second-order valence-electron chi connectivity index (χ2n) is 13.8. The summed E-state index contributed by atoms with van der Waals surface area (Å²) in [5, 5.41) is 9.62. The number of amides is 2. The summed E-state index contributed by atoms with van der Waals surface area (Å²) in [4.78, 5) is 30.1. The van der Waals surface area contributed by atoms with Crippen molar-refractivity contribution in [2.24, 2.45) is 0 Å². The van der Waals surface area contributed by atoms with Crippen LogP contribution in [0.5, 0.6) is 0 Å². The fourth-order valence-electron chi connectivity index (χ4n) is 7.05. The number of anilines is 1. The van der Waals surface area contributed by atoms with Crippen molar-refractivity contribution >= 4 is 17.5 Å². The van der Waals surface area contributed by atoms with Crippen molar-refractivity contribution in [3.8, 4) is 0 Å². The highest BCUT2D eigenvalue weighted by molar-refractivity contribution is 6.34. The monoisotopic (exact) mass is 668 g/mol. The van der Waals surface area contributed by atoms with Crippen LogP contribution in [0.15, 0.2) is 72.8 Å². The zero-order valence-electron chi connectivity index (χ0n) is 29.7. The number of fused-ring (bicyclic) bond motifs is 1. The third-order valence-corrected chi connectivity index (χ3v) is 9.95. The smallest absolute Gasteiger partial charge is 0.266 e. The summed E-state index contributed by atoms with van der Waals surface area (Å²) in [5.74, 6) is -0.610. The van der Waals surface area contributed by atoms with Crippen LogP contribution in [0.25, 0.3) is 0 Å². The van der Waals surface area contributed by atoms with E-state index in [0.29, 0.717) is 16.8 Å². The molecule has 2 amide bonds. The van der Waals surface area contributed by atoms with Gasteiger partial charge in [-0.05, 0) is 61.3 Å². The molecule has 2 aliphatic rings. The topological polar surface area (TPSA) is 79.3 Å². The van der Waals surface area contributed by atoms with Gasteiger partial charge in [0, 0.05) is 18.5 Å². The first-order valence-corrected chi connectivity index (χ1v) is 18.8. The average Bonchev–Trinajstić information content (AvgIpc) is 3.39. The molecule has 2 aliphatic heterocycles. The van der Waals surface area contributed by atoms with E-state index in [1.165, 1.54) is 81.9 Å². The zero-order valence-corrected chi connectivity index (χ0v) is 29.7. The number of unbranched alkanes of at least 4 members (excludes halogenated alkanes) is 10. The third kappa shape index (κ3) is 10.1. The minimum absolute atomic E-state index is 0.00542. The van der Waals surface area contributed by atoms with Gasteiger partial charge in [0.25, 0.3) is 11.8 Å². The lowest BCUT2D eigenvalue weighted by Crippen LogP contribution is -2.40. The first-order valence-electron chi connectivity index (χ1n) is 18.8. The molecule has 0 spiro atoms. The Balaban J connectivity index is 1.30. The van der Waals surface area contributed by atoms with Crippen molar-refractivity contribution < 1.29 is 24.2 Å². The Kier molecular flexibility index (Phi) is 14.4. The molecular formula is C42H56N2O5. The molecule has 1 N–H and O–H groups in total. The Morgan fingerprint density at radius 2 is 1.20 bits per heavy atom. The van der Waals surface area contributed by atoms with Crippen molar-refractivity contribution in [2.75, 3.05) is 24.5 Å². The van der Waals surface area contributed by atoms with Crippen LogP contribution in [-0.2, 0) is 16.1 Å². The van der Waals surface area contributed by atoms with Gasteiger partial charge >= 0.3 is 0 Å². The van der Waals surface area contributed by atoms with Gasteiger partial charge in [0.05, 0.1) is 35.6 Å². The number of carbonyl (C=O) groups excluding carboxylic acids is 2. The molecule has 1 saturated heterocycles. The van der Waals surface area contributed by atoms with Crippen LogP contribution in [0.4, 0.5) is 5.69 Å². The predicted molar refractivity (Wildman–Crippen MR) is 196 cm³/mol. The Morgan fingerprint density at radius 1 is 0.673 bits per heavy atom. The van der Waals surface area contributed by atoms with E-state index in [9.17, 15) is 14.7 Å². The summed E-state index contributed by atoms with van der Waals surface area (Å²) >= 11 is 0. The van der Waals surface area contributed by atoms with Gasteiger partial charge in [-0.25, -0.2) is 4.90 Å². The number of imide groups is 1. The lowest BCUT2D eigenvalue weighted by Gasteiger charge is -2.38. The summed E-state index contributed by atoms with van der Waals surface area (Å²) < 4.78 is 13.3. The van der Waals surface area contributed by atoms with E-state index < -0.39 is 6.29 Å². The lowest BCUT2D eigenvalue weighted by molar-refractivity contribution is -0.253. The molecule has 1 fully saturated rings. The van der Waals surface area contributed by atoms with Crippen LogP contribution in [0.3, 0.4) is 0 Å². The van der Waals surface area contributed by atoms with Crippen LogP contribution in [-0.4, -0.2) is 47.6 Å². The SMILES string of the molecule is CCCCCCCCN(CCCCCCCC)C[C@H]1C[C@@H](c2ccc(CO)cc2)O[C@@H](c2ccc(N3C(=O)c4ccccc4C3=O)cc2)O1. The minimum Gasteiger partial charge on any atom is -0.392 e. The van der Waals surface area contributed by atoms with Gasteiger partial charge in [-0.15, -0.1) is 0 Å². The van der Waals surface area contributed by atoms with Crippen LogP contribution in [0.1, 0.15) is 147 Å². The highest BCUT2D eigenvalue weighted by Crippen LogP contribution is 2.39. The molecule has 0 saturated carbocycles. The highest BCUT2D eigenvalue weighted by Gasteiger charge is 2.37. The van der Waals surface area contributed by atoms with Gasteiger partial charge < -0.3 is 19.5 Å². The van der Waals surface area contributed by atoms with Crippen molar-refractivity contribution in [2.45, 2.75) is 122 Å². The second kappa shape index (κ2) is 19.1. The molecule has 0 radical (unpaired) electrons. The molecule has 0 aromatic heterocycles. The van der Waals surface area contributed by atoms with Crippen LogP contribution >= 0.6 is 0 Å². The zero-order chi connectivity index (χ0) is 34.4. The number of benzene rings is 3. The van der Waals surface area contributed by atoms with Crippen LogP contribution in [0.2, 0.25) is 0 Å².